The lowest BCUT2D eigenvalue weighted by atomic mass is 9.88. The van der Waals surface area contributed by atoms with E-state index in [4.69, 9.17) is 5.11 Å². The molecule has 51 heavy (non-hydrogen) atoms. The minimum atomic E-state index is 0.969. The van der Waals surface area contributed by atoms with Gasteiger partial charge in [0.05, 0.1) is 0 Å². The molecule has 0 bridgehead atoms. The third kappa shape index (κ3) is 17.4. The molecule has 0 spiro atoms. The van der Waals surface area contributed by atoms with Crippen molar-refractivity contribution in [3.8, 4) is 0 Å². The lowest BCUT2D eigenvalue weighted by molar-refractivity contribution is -0.512. The lowest BCUT2D eigenvalue weighted by Gasteiger charge is -2.17. The third-order valence-corrected chi connectivity index (χ3v) is 11.0. The van der Waals surface area contributed by atoms with Crippen molar-refractivity contribution >= 4 is 11.8 Å². The average molecular weight is 700 g/mol. The summed E-state index contributed by atoms with van der Waals surface area (Å²) in [6.07, 6.45) is 37.0. The Labute approximate surface area is 318 Å². The number of unbranched alkanes of at least 4 members (excludes halogenated alkanes) is 14. The minimum absolute atomic E-state index is 0.969. The van der Waals surface area contributed by atoms with Gasteiger partial charge in [-0.3, -0.25) is 0 Å². The summed E-state index contributed by atoms with van der Waals surface area (Å²) in [5.74, 6) is 0. The summed E-state index contributed by atoms with van der Waals surface area (Å²) in [6.45, 7) is 16.3. The van der Waals surface area contributed by atoms with Crippen LogP contribution < -0.4 is 0 Å². The Morgan fingerprint density at radius 1 is 0.451 bits per heavy atom. The normalized spacial score (nSPS) is 12.3. The molecular weight excluding hydrogens is 617 g/mol. The van der Waals surface area contributed by atoms with Crippen molar-refractivity contribution < 1.29 is 4.70 Å². The highest BCUT2D eigenvalue weighted by Crippen LogP contribution is 2.30. The van der Waals surface area contributed by atoms with E-state index in [0.717, 1.165) is 12.1 Å². The summed E-state index contributed by atoms with van der Waals surface area (Å²) in [6, 6.07) is 10.00. The molecule has 288 valence electrons. The van der Waals surface area contributed by atoms with Gasteiger partial charge in [-0.15, -0.1) is 0 Å². The molecule has 0 atom stereocenters. The molecule has 0 aliphatic rings. The van der Waals surface area contributed by atoms with Crippen LogP contribution in [0.3, 0.4) is 0 Å². The van der Waals surface area contributed by atoms with Crippen LogP contribution in [0.25, 0.3) is 6.08 Å². The molecule has 0 radical (unpaired) electrons. The topological polar surface area (TPSA) is 15.4 Å². The Hall–Kier alpha value is -2.22. The van der Waals surface area contributed by atoms with Crippen molar-refractivity contribution in [2.75, 3.05) is 7.05 Å². The zero-order chi connectivity index (χ0) is 37.1. The predicted octanol–water partition coefficient (Wildman–Crippen LogP) is 16.0. The van der Waals surface area contributed by atoms with Crippen LogP contribution in [0, 0.1) is 0 Å². The van der Waals surface area contributed by atoms with E-state index >= 15 is 0 Å². The van der Waals surface area contributed by atoms with Gasteiger partial charge in [-0.25, -0.2) is 0 Å². The second-order valence-electron chi connectivity index (χ2n) is 15.6. The van der Waals surface area contributed by atoms with Crippen LogP contribution in [0.15, 0.2) is 35.1 Å². The first-order chi connectivity index (χ1) is 25.0. The fourth-order valence-electron chi connectivity index (χ4n) is 7.77. The van der Waals surface area contributed by atoms with E-state index in [2.05, 4.69) is 90.6 Å². The molecule has 0 amide bonds. The highest BCUT2D eigenvalue weighted by atomic mass is 15.3. The zero-order valence-corrected chi connectivity index (χ0v) is 35.4. The van der Waals surface area contributed by atoms with Gasteiger partial charge in [-0.05, 0) is 133 Å². The molecule has 2 heteroatoms. The van der Waals surface area contributed by atoms with Crippen molar-refractivity contribution in [2.24, 2.45) is 5.11 Å². The molecule has 0 fully saturated rings. The quantitative estimate of drug-likeness (QED) is 0.0438. The van der Waals surface area contributed by atoms with E-state index in [-0.39, 0.29) is 0 Å². The Bertz CT molecular complexity index is 1270. The number of azo groups is 2. The highest BCUT2D eigenvalue weighted by Gasteiger charge is 2.16. The maximum absolute atomic E-state index is 5.35. The van der Waals surface area contributed by atoms with Crippen molar-refractivity contribution in [2.45, 2.75) is 222 Å². The van der Waals surface area contributed by atoms with Crippen LogP contribution in [0.1, 0.15) is 222 Å². The van der Waals surface area contributed by atoms with Crippen LogP contribution in [0.4, 0.5) is 5.69 Å². The van der Waals surface area contributed by atoms with Crippen molar-refractivity contribution in [1.29, 1.82) is 0 Å². The van der Waals surface area contributed by atoms with Crippen LogP contribution in [0.5, 0.6) is 0 Å². The Kier molecular flexibility index (Phi) is 24.9. The summed E-state index contributed by atoms with van der Waals surface area (Å²) in [5, 5.41) is 5.35. The van der Waals surface area contributed by atoms with Crippen molar-refractivity contribution in [3.63, 3.8) is 0 Å². The van der Waals surface area contributed by atoms with Crippen molar-refractivity contribution in [1.82, 2.24) is 0 Å². The Morgan fingerprint density at radius 2 is 0.804 bits per heavy atom. The second-order valence-corrected chi connectivity index (χ2v) is 15.6. The van der Waals surface area contributed by atoms with Crippen molar-refractivity contribution in [3.05, 3.63) is 68.9 Å². The second kappa shape index (κ2) is 28.3. The number of benzene rings is 2. The maximum atomic E-state index is 5.35. The summed E-state index contributed by atoms with van der Waals surface area (Å²) in [7, 11) is 2.18. The monoisotopic (exact) mass is 700 g/mol. The SMILES string of the molecule is CCCCCCCCc1cc(C=C(CC)[N+](C)=Nc2cc(CCCC)c(CCCC)c(CCCCCCCC)c2)cc(CCCC)c1CCCC. The average Bonchev–Trinajstić information content (AvgIpc) is 3.13. The Balaban J connectivity index is 2.52. The van der Waals surface area contributed by atoms with E-state index in [1.54, 1.807) is 33.4 Å². The van der Waals surface area contributed by atoms with Crippen LogP contribution in [-0.2, 0) is 38.5 Å². The first-order valence-corrected chi connectivity index (χ1v) is 22.4. The fraction of sp³-hybridized carbons (Fsp3) is 0.714. The lowest BCUT2D eigenvalue weighted by Crippen LogP contribution is -2.05. The first-order valence-electron chi connectivity index (χ1n) is 22.4. The molecule has 0 aliphatic carbocycles. The van der Waals surface area contributed by atoms with Gasteiger partial charge in [-0.1, -0.05) is 155 Å². The number of nitrogens with zero attached hydrogens (tertiary/aromatic N) is 2. The number of hydrogen-bond donors (Lipinski definition) is 0. The van der Waals surface area contributed by atoms with Gasteiger partial charge in [0.1, 0.15) is 5.69 Å². The largest absolute Gasteiger partial charge is 0.208 e. The van der Waals surface area contributed by atoms with Gasteiger partial charge in [0.15, 0.2) is 7.05 Å². The molecule has 2 aromatic rings. The van der Waals surface area contributed by atoms with Gasteiger partial charge >= 0.3 is 0 Å². The molecule has 0 saturated heterocycles. The minimum Gasteiger partial charge on any atom is -0.0906 e. The van der Waals surface area contributed by atoms with Gasteiger partial charge in [0, 0.05) is 12.5 Å². The van der Waals surface area contributed by atoms with Gasteiger partial charge in [-0.2, -0.15) is 0 Å². The molecule has 2 rings (SSSR count). The molecular formula is C49H83N2+. The molecule has 0 saturated carbocycles. The molecule has 2 aromatic carbocycles. The molecule has 0 aromatic heterocycles. The Morgan fingerprint density at radius 3 is 1.22 bits per heavy atom. The zero-order valence-electron chi connectivity index (χ0n) is 35.4. The van der Waals surface area contributed by atoms with E-state index in [1.165, 1.54) is 178 Å². The van der Waals surface area contributed by atoms with Crippen LogP contribution >= 0.6 is 0 Å². The van der Waals surface area contributed by atoms with E-state index in [0.29, 0.717) is 0 Å². The smallest absolute Gasteiger partial charge is 0.0906 e. The highest BCUT2D eigenvalue weighted by molar-refractivity contribution is 5.56. The van der Waals surface area contributed by atoms with E-state index < -0.39 is 0 Å². The van der Waals surface area contributed by atoms with Gasteiger partial charge in [0.2, 0.25) is 5.70 Å². The summed E-state index contributed by atoms with van der Waals surface area (Å²) < 4.78 is 2.20. The summed E-state index contributed by atoms with van der Waals surface area (Å²) >= 11 is 0. The van der Waals surface area contributed by atoms with Crippen LogP contribution in [0.2, 0.25) is 0 Å². The standard InChI is InChI=1S/C49H83N2/c1-9-16-22-24-26-28-32-43-37-41(36-42(30-18-11-3)48(43)34-20-13-5)38-47(15-7)51(8)50-46-39-44(31-19-12-4)49(35-21-14-6)45(40-46)33-29-27-25-23-17-10-2/h36-40H,9-35H2,1-8H3/q+1. The first kappa shape index (κ1) is 44.9. The molecule has 0 unspecified atom stereocenters. The van der Waals surface area contributed by atoms with Gasteiger partial charge in [0.25, 0.3) is 0 Å². The molecule has 0 aliphatic heterocycles. The van der Waals surface area contributed by atoms with E-state index in [9.17, 15) is 0 Å². The van der Waals surface area contributed by atoms with Gasteiger partial charge < -0.3 is 0 Å². The predicted molar refractivity (Wildman–Crippen MR) is 228 cm³/mol. The van der Waals surface area contributed by atoms with Crippen LogP contribution in [-0.4, -0.2) is 11.7 Å². The maximum Gasteiger partial charge on any atom is 0.208 e. The van der Waals surface area contributed by atoms with E-state index in [1.807, 2.05) is 0 Å². The number of hydrogen-bond acceptors (Lipinski definition) is 1. The number of aryl methyl sites for hydroxylation is 4. The molecule has 2 nitrogen and oxygen atoms in total. The summed E-state index contributed by atoms with van der Waals surface area (Å²) in [5.41, 5.74) is 13.5. The fourth-order valence-corrected chi connectivity index (χ4v) is 7.77. The summed E-state index contributed by atoms with van der Waals surface area (Å²) in [4.78, 5) is 0. The molecule has 0 N–H and O–H groups in total. The molecule has 0 heterocycles. The number of rotatable bonds is 30. The third-order valence-electron chi connectivity index (χ3n) is 11.0. The number of allylic oxidation sites excluding steroid dienone is 1.